The van der Waals surface area contributed by atoms with Crippen molar-refractivity contribution in [1.82, 2.24) is 18.7 Å². The number of esters is 1. The van der Waals surface area contributed by atoms with Crippen LogP contribution >= 0.6 is 0 Å². The number of benzene rings is 1. The van der Waals surface area contributed by atoms with Gasteiger partial charge in [-0.2, -0.15) is 5.10 Å². The second kappa shape index (κ2) is 8.67. The van der Waals surface area contributed by atoms with Gasteiger partial charge in [0.05, 0.1) is 41.9 Å². The molecule has 1 aromatic carbocycles. The predicted molar refractivity (Wildman–Crippen MR) is 116 cm³/mol. The van der Waals surface area contributed by atoms with Gasteiger partial charge in [-0.3, -0.25) is 0 Å². The first-order valence-electron chi connectivity index (χ1n) is 9.71. The third-order valence-electron chi connectivity index (χ3n) is 4.64. The number of pyridine rings is 1. The lowest BCUT2D eigenvalue weighted by molar-refractivity contribution is 0.0519. The predicted octanol–water partition coefficient (Wildman–Crippen LogP) is 3.16. The number of methoxy groups -OCH3 is 1. The zero-order valence-electron chi connectivity index (χ0n) is 17.4. The summed E-state index contributed by atoms with van der Waals surface area (Å²) in [7, 11) is -2.38. The smallest absolute Gasteiger partial charge is 0.358 e. The van der Waals surface area contributed by atoms with Crippen LogP contribution in [0.25, 0.3) is 17.1 Å². The molecule has 0 spiro atoms. The maximum absolute atomic E-state index is 13.3. The van der Waals surface area contributed by atoms with Crippen molar-refractivity contribution >= 4 is 16.0 Å². The van der Waals surface area contributed by atoms with Gasteiger partial charge in [0.1, 0.15) is 0 Å². The molecule has 0 bridgehead atoms. The lowest BCUT2D eigenvalue weighted by Crippen LogP contribution is -2.14. The van der Waals surface area contributed by atoms with E-state index in [1.54, 1.807) is 49.4 Å². The van der Waals surface area contributed by atoms with Crippen LogP contribution < -0.4 is 4.74 Å². The highest BCUT2D eigenvalue weighted by Gasteiger charge is 2.24. The first kappa shape index (κ1) is 21.3. The molecule has 0 amide bonds. The number of aromatic nitrogens is 4. The highest BCUT2D eigenvalue weighted by molar-refractivity contribution is 7.90. The normalized spacial score (nSPS) is 11.3. The molecule has 9 nitrogen and oxygen atoms in total. The Labute approximate surface area is 184 Å². The Kier molecular flexibility index (Phi) is 5.78. The Balaban J connectivity index is 1.89. The first-order chi connectivity index (χ1) is 15.5. The van der Waals surface area contributed by atoms with Gasteiger partial charge in [-0.15, -0.1) is 0 Å². The molecular weight excluding hydrogens is 432 g/mol. The van der Waals surface area contributed by atoms with Crippen LogP contribution in [0.1, 0.15) is 17.4 Å². The minimum Gasteiger partial charge on any atom is -0.481 e. The molecule has 0 radical (unpaired) electrons. The van der Waals surface area contributed by atoms with E-state index < -0.39 is 16.0 Å². The fourth-order valence-corrected chi connectivity index (χ4v) is 4.54. The van der Waals surface area contributed by atoms with Crippen molar-refractivity contribution in [3.8, 4) is 23.0 Å². The third kappa shape index (κ3) is 3.87. The van der Waals surface area contributed by atoms with Crippen LogP contribution in [0.3, 0.4) is 0 Å². The van der Waals surface area contributed by atoms with Gasteiger partial charge < -0.3 is 9.47 Å². The van der Waals surface area contributed by atoms with Gasteiger partial charge in [0.15, 0.2) is 5.69 Å². The Morgan fingerprint density at radius 2 is 1.81 bits per heavy atom. The molecular formula is C22H20N4O5S. The summed E-state index contributed by atoms with van der Waals surface area (Å²) in [6.07, 6.45) is 2.97. The van der Waals surface area contributed by atoms with E-state index in [4.69, 9.17) is 9.47 Å². The average molecular weight is 452 g/mol. The maximum Gasteiger partial charge on any atom is 0.358 e. The average Bonchev–Trinajstić information content (AvgIpc) is 3.48. The minimum atomic E-state index is -3.88. The fourth-order valence-electron chi connectivity index (χ4n) is 3.16. The van der Waals surface area contributed by atoms with E-state index in [0.29, 0.717) is 23.0 Å². The topological polar surface area (TPSA) is 105 Å². The molecule has 164 valence electrons. The van der Waals surface area contributed by atoms with Crippen LogP contribution in [0.15, 0.2) is 78.0 Å². The van der Waals surface area contributed by atoms with Crippen molar-refractivity contribution in [1.29, 1.82) is 0 Å². The van der Waals surface area contributed by atoms with E-state index in [1.165, 1.54) is 42.4 Å². The monoisotopic (exact) mass is 452 g/mol. The molecule has 0 fully saturated rings. The number of ether oxygens (including phenoxy) is 2. The molecule has 0 unspecified atom stereocenters. The van der Waals surface area contributed by atoms with E-state index in [9.17, 15) is 13.2 Å². The fraction of sp³-hybridized carbons (Fsp3) is 0.136. The molecule has 0 aliphatic heterocycles. The molecule has 32 heavy (non-hydrogen) atoms. The zero-order chi connectivity index (χ0) is 22.7. The number of carbonyl (C=O) groups is 1. The Hall–Kier alpha value is -3.92. The van der Waals surface area contributed by atoms with Gasteiger partial charge in [0, 0.05) is 18.3 Å². The van der Waals surface area contributed by atoms with E-state index in [-0.39, 0.29) is 17.2 Å². The van der Waals surface area contributed by atoms with Crippen molar-refractivity contribution < 1.29 is 22.7 Å². The van der Waals surface area contributed by atoms with Crippen LogP contribution in [-0.2, 0) is 14.8 Å². The van der Waals surface area contributed by atoms with Crippen molar-refractivity contribution in [2.45, 2.75) is 11.8 Å². The molecule has 4 rings (SSSR count). The van der Waals surface area contributed by atoms with Gasteiger partial charge in [0.2, 0.25) is 5.88 Å². The number of nitrogens with zero attached hydrogens (tertiary/aromatic N) is 4. The molecule has 0 atom stereocenters. The number of rotatable bonds is 7. The standard InChI is InChI=1S/C22H20N4O5S/c1-3-31-22(27)18-14-20(26(24-18)16-11-12-21(30-2)23-15-16)19-10-7-13-25(19)32(28,29)17-8-5-4-6-9-17/h4-15H,3H2,1-2H3. The summed E-state index contributed by atoms with van der Waals surface area (Å²) >= 11 is 0. The summed E-state index contributed by atoms with van der Waals surface area (Å²) in [5.74, 6) is -0.207. The molecule has 3 aromatic heterocycles. The molecule has 0 saturated carbocycles. The Morgan fingerprint density at radius 1 is 1.03 bits per heavy atom. The molecule has 0 N–H and O–H groups in total. The highest BCUT2D eigenvalue weighted by atomic mass is 32.2. The zero-order valence-corrected chi connectivity index (χ0v) is 18.2. The van der Waals surface area contributed by atoms with Crippen molar-refractivity contribution in [3.05, 3.63) is 78.8 Å². The Morgan fingerprint density at radius 3 is 2.47 bits per heavy atom. The molecule has 0 aliphatic rings. The lowest BCUT2D eigenvalue weighted by Gasteiger charge is -2.12. The van der Waals surface area contributed by atoms with Crippen LogP contribution in [0.2, 0.25) is 0 Å². The second-order valence-electron chi connectivity index (χ2n) is 6.61. The number of hydrogen-bond acceptors (Lipinski definition) is 7. The van der Waals surface area contributed by atoms with Crippen molar-refractivity contribution in [2.24, 2.45) is 0 Å². The summed E-state index contributed by atoms with van der Waals surface area (Å²) in [5, 5.41) is 4.36. The van der Waals surface area contributed by atoms with Gasteiger partial charge in [-0.25, -0.2) is 26.9 Å². The third-order valence-corrected chi connectivity index (χ3v) is 6.35. The maximum atomic E-state index is 13.3. The Bertz CT molecular complexity index is 1340. The van der Waals surface area contributed by atoms with Gasteiger partial charge in [-0.1, -0.05) is 18.2 Å². The minimum absolute atomic E-state index is 0.0440. The van der Waals surface area contributed by atoms with E-state index in [2.05, 4.69) is 10.1 Å². The highest BCUT2D eigenvalue weighted by Crippen LogP contribution is 2.28. The van der Waals surface area contributed by atoms with Gasteiger partial charge in [-0.05, 0) is 37.3 Å². The van der Waals surface area contributed by atoms with E-state index in [1.807, 2.05) is 0 Å². The van der Waals surface area contributed by atoms with Crippen LogP contribution in [-0.4, -0.2) is 46.8 Å². The van der Waals surface area contributed by atoms with Crippen LogP contribution in [0.5, 0.6) is 5.88 Å². The molecule has 3 heterocycles. The summed E-state index contributed by atoms with van der Waals surface area (Å²) in [6, 6.07) is 16.2. The molecule has 10 heteroatoms. The molecule has 4 aromatic rings. The summed E-state index contributed by atoms with van der Waals surface area (Å²) in [5.41, 5.74) is 1.26. The summed E-state index contributed by atoms with van der Waals surface area (Å²) in [4.78, 5) is 16.7. The summed E-state index contributed by atoms with van der Waals surface area (Å²) < 4.78 is 39.3. The van der Waals surface area contributed by atoms with Crippen LogP contribution in [0, 0.1) is 0 Å². The lowest BCUT2D eigenvalue weighted by atomic mass is 10.2. The molecule has 0 aliphatic carbocycles. The van der Waals surface area contributed by atoms with E-state index >= 15 is 0 Å². The second-order valence-corrected chi connectivity index (χ2v) is 8.43. The van der Waals surface area contributed by atoms with E-state index in [0.717, 1.165) is 3.97 Å². The summed E-state index contributed by atoms with van der Waals surface area (Å²) in [6.45, 7) is 1.88. The van der Waals surface area contributed by atoms with Crippen molar-refractivity contribution in [2.75, 3.05) is 13.7 Å². The largest absolute Gasteiger partial charge is 0.481 e. The number of carbonyl (C=O) groups excluding carboxylic acids is 1. The first-order valence-corrected chi connectivity index (χ1v) is 11.2. The van der Waals surface area contributed by atoms with Crippen LogP contribution in [0.4, 0.5) is 0 Å². The van der Waals surface area contributed by atoms with Gasteiger partial charge in [0.25, 0.3) is 10.0 Å². The quantitative estimate of drug-likeness (QED) is 0.397. The van der Waals surface area contributed by atoms with Crippen molar-refractivity contribution in [3.63, 3.8) is 0 Å². The van der Waals surface area contributed by atoms with Gasteiger partial charge >= 0.3 is 5.97 Å². The number of hydrogen-bond donors (Lipinski definition) is 0. The molecule has 0 saturated heterocycles. The SMILES string of the molecule is CCOC(=O)c1cc(-c2cccn2S(=O)(=O)c2ccccc2)n(-c2ccc(OC)nc2)n1.